The van der Waals surface area contributed by atoms with Crippen LogP contribution in [0.5, 0.6) is 0 Å². The van der Waals surface area contributed by atoms with E-state index in [1.165, 1.54) is 12.1 Å². The summed E-state index contributed by atoms with van der Waals surface area (Å²) in [5.41, 5.74) is 2.04. The van der Waals surface area contributed by atoms with Gasteiger partial charge in [0.1, 0.15) is 5.82 Å². The van der Waals surface area contributed by atoms with Crippen LogP contribution in [0.2, 0.25) is 0 Å². The van der Waals surface area contributed by atoms with E-state index in [1.54, 1.807) is 23.1 Å². The first-order valence-corrected chi connectivity index (χ1v) is 7.87. The molecule has 1 amide bonds. The van der Waals surface area contributed by atoms with Crippen LogP contribution in [0.15, 0.2) is 48.5 Å². The van der Waals surface area contributed by atoms with Gasteiger partial charge in [0, 0.05) is 25.1 Å². The number of nitrogens with zero attached hydrogens (tertiary/aromatic N) is 1. The van der Waals surface area contributed by atoms with Crippen molar-refractivity contribution < 1.29 is 14.3 Å². The first-order chi connectivity index (χ1) is 11.1. The third-order valence-electron chi connectivity index (χ3n) is 3.97. The zero-order chi connectivity index (χ0) is 16.8. The van der Waals surface area contributed by atoms with Crippen molar-refractivity contribution >= 4 is 5.91 Å². The lowest BCUT2D eigenvalue weighted by Crippen LogP contribution is -2.31. The van der Waals surface area contributed by atoms with Crippen LogP contribution in [-0.4, -0.2) is 29.0 Å². The maximum atomic E-state index is 13.0. The lowest BCUT2D eigenvalue weighted by molar-refractivity contribution is 0.0771. The van der Waals surface area contributed by atoms with Crippen molar-refractivity contribution in [1.82, 2.24) is 4.90 Å². The number of benzene rings is 2. The predicted octanol–water partition coefficient (Wildman–Crippen LogP) is 3.58. The third-order valence-corrected chi connectivity index (χ3v) is 3.97. The van der Waals surface area contributed by atoms with E-state index >= 15 is 0 Å². The Bertz CT molecular complexity index is 651. The van der Waals surface area contributed by atoms with Gasteiger partial charge in [-0.1, -0.05) is 30.3 Å². The average Bonchev–Trinajstić information content (AvgIpc) is 2.57. The van der Waals surface area contributed by atoms with Crippen LogP contribution in [0.3, 0.4) is 0 Å². The van der Waals surface area contributed by atoms with Gasteiger partial charge in [-0.25, -0.2) is 4.39 Å². The van der Waals surface area contributed by atoms with Crippen molar-refractivity contribution in [2.45, 2.75) is 26.4 Å². The molecule has 0 bridgehead atoms. The minimum Gasteiger partial charge on any atom is -0.388 e. The van der Waals surface area contributed by atoms with Crippen molar-refractivity contribution in [3.63, 3.8) is 0 Å². The number of carbonyl (C=O) groups is 1. The first kappa shape index (κ1) is 17.2. The summed E-state index contributed by atoms with van der Waals surface area (Å²) >= 11 is 0. The minimum absolute atomic E-state index is 0.0306. The molecule has 0 saturated carbocycles. The van der Waals surface area contributed by atoms with Crippen molar-refractivity contribution in [2.75, 3.05) is 13.1 Å². The summed E-state index contributed by atoms with van der Waals surface area (Å²) in [5.74, 6) is -0.366. The van der Waals surface area contributed by atoms with E-state index in [0.717, 1.165) is 5.56 Å². The monoisotopic (exact) mass is 315 g/mol. The second-order valence-electron chi connectivity index (χ2n) is 5.41. The van der Waals surface area contributed by atoms with E-state index in [1.807, 2.05) is 32.0 Å². The molecule has 1 atom stereocenters. The summed E-state index contributed by atoms with van der Waals surface area (Å²) in [7, 11) is 0. The Hall–Kier alpha value is -2.20. The van der Waals surface area contributed by atoms with E-state index in [-0.39, 0.29) is 11.7 Å². The van der Waals surface area contributed by atoms with Crippen LogP contribution in [0.1, 0.15) is 41.4 Å². The second-order valence-corrected chi connectivity index (χ2v) is 5.41. The van der Waals surface area contributed by atoms with Crippen LogP contribution in [-0.2, 0) is 6.42 Å². The van der Waals surface area contributed by atoms with Crippen molar-refractivity contribution in [3.8, 4) is 0 Å². The summed E-state index contributed by atoms with van der Waals surface area (Å²) in [5, 5.41) is 10.4. The number of hydrogen-bond donors (Lipinski definition) is 1. The standard InChI is InChI=1S/C19H22FNO2/c1-3-21(4-2)19(23)17-8-6-5-7-15(17)13-18(22)14-9-11-16(20)12-10-14/h5-12,18,22H,3-4,13H2,1-2H3. The molecule has 0 saturated heterocycles. The maximum Gasteiger partial charge on any atom is 0.254 e. The zero-order valence-electron chi connectivity index (χ0n) is 13.5. The van der Waals surface area contributed by atoms with Crippen LogP contribution in [0.4, 0.5) is 4.39 Å². The first-order valence-electron chi connectivity index (χ1n) is 7.87. The molecule has 0 spiro atoms. The van der Waals surface area contributed by atoms with Crippen molar-refractivity contribution in [1.29, 1.82) is 0 Å². The van der Waals surface area contributed by atoms with Crippen molar-refractivity contribution in [2.24, 2.45) is 0 Å². The molecular weight excluding hydrogens is 293 g/mol. The fraction of sp³-hybridized carbons (Fsp3) is 0.316. The maximum absolute atomic E-state index is 13.0. The minimum atomic E-state index is -0.777. The highest BCUT2D eigenvalue weighted by Crippen LogP contribution is 2.22. The van der Waals surface area contributed by atoms with Gasteiger partial charge in [0.25, 0.3) is 5.91 Å². The summed E-state index contributed by atoms with van der Waals surface area (Å²) < 4.78 is 13.0. The molecule has 0 aromatic heterocycles. The van der Waals surface area contributed by atoms with Crippen molar-refractivity contribution in [3.05, 3.63) is 71.0 Å². The number of carbonyl (C=O) groups excluding carboxylic acids is 1. The smallest absolute Gasteiger partial charge is 0.254 e. The number of aliphatic hydroxyl groups is 1. The van der Waals surface area contributed by atoms with Gasteiger partial charge in [-0.3, -0.25) is 4.79 Å². The molecule has 0 fully saturated rings. The van der Waals surface area contributed by atoms with Gasteiger partial charge in [-0.2, -0.15) is 0 Å². The van der Waals surface area contributed by atoms with Gasteiger partial charge in [-0.15, -0.1) is 0 Å². The Morgan fingerprint density at radius 1 is 1.09 bits per heavy atom. The lowest BCUT2D eigenvalue weighted by atomic mass is 9.97. The number of hydrogen-bond acceptors (Lipinski definition) is 2. The Morgan fingerprint density at radius 2 is 1.70 bits per heavy atom. The average molecular weight is 315 g/mol. The molecule has 2 rings (SSSR count). The van der Waals surface area contributed by atoms with Gasteiger partial charge in [0.2, 0.25) is 0 Å². The molecule has 0 aliphatic rings. The number of amides is 1. The van der Waals surface area contributed by atoms with Gasteiger partial charge in [0.05, 0.1) is 6.10 Å². The number of rotatable bonds is 6. The van der Waals surface area contributed by atoms with E-state index in [2.05, 4.69) is 0 Å². The Balaban J connectivity index is 2.23. The summed E-state index contributed by atoms with van der Waals surface area (Å²) in [6.07, 6.45) is -0.462. The quantitative estimate of drug-likeness (QED) is 0.885. The highest BCUT2D eigenvalue weighted by atomic mass is 19.1. The van der Waals surface area contributed by atoms with E-state index < -0.39 is 6.10 Å². The summed E-state index contributed by atoms with van der Waals surface area (Å²) in [6, 6.07) is 13.1. The number of halogens is 1. The molecule has 0 aliphatic heterocycles. The lowest BCUT2D eigenvalue weighted by Gasteiger charge is -2.21. The van der Waals surface area contributed by atoms with Gasteiger partial charge < -0.3 is 10.0 Å². The highest BCUT2D eigenvalue weighted by Gasteiger charge is 2.18. The second kappa shape index (κ2) is 7.88. The van der Waals surface area contributed by atoms with Crippen LogP contribution < -0.4 is 0 Å². The fourth-order valence-corrected chi connectivity index (χ4v) is 2.60. The van der Waals surface area contributed by atoms with E-state index in [4.69, 9.17) is 0 Å². The molecule has 122 valence electrons. The SMILES string of the molecule is CCN(CC)C(=O)c1ccccc1CC(O)c1ccc(F)cc1. The number of aliphatic hydroxyl groups excluding tert-OH is 1. The van der Waals surface area contributed by atoms with Gasteiger partial charge in [-0.05, 0) is 43.2 Å². The summed E-state index contributed by atoms with van der Waals surface area (Å²) in [4.78, 5) is 14.3. The topological polar surface area (TPSA) is 40.5 Å². The molecule has 3 nitrogen and oxygen atoms in total. The summed E-state index contributed by atoms with van der Waals surface area (Å²) in [6.45, 7) is 5.17. The molecule has 1 unspecified atom stereocenters. The largest absolute Gasteiger partial charge is 0.388 e. The van der Waals surface area contributed by atoms with Crippen LogP contribution in [0, 0.1) is 5.82 Å². The Kier molecular flexibility index (Phi) is 5.88. The van der Waals surface area contributed by atoms with Crippen LogP contribution >= 0.6 is 0 Å². The highest BCUT2D eigenvalue weighted by molar-refractivity contribution is 5.95. The molecule has 23 heavy (non-hydrogen) atoms. The van der Waals surface area contributed by atoms with Crippen LogP contribution in [0.25, 0.3) is 0 Å². The Morgan fingerprint density at radius 3 is 2.30 bits per heavy atom. The van der Waals surface area contributed by atoms with Gasteiger partial charge in [0.15, 0.2) is 0 Å². The molecule has 0 aliphatic carbocycles. The molecule has 0 radical (unpaired) electrons. The molecule has 2 aromatic carbocycles. The van der Waals surface area contributed by atoms with Gasteiger partial charge >= 0.3 is 0 Å². The fourth-order valence-electron chi connectivity index (χ4n) is 2.60. The molecule has 4 heteroatoms. The van der Waals surface area contributed by atoms with E-state index in [9.17, 15) is 14.3 Å². The molecule has 0 heterocycles. The molecular formula is C19H22FNO2. The molecule has 1 N–H and O–H groups in total. The van der Waals surface area contributed by atoms with E-state index in [0.29, 0.717) is 30.6 Å². The zero-order valence-corrected chi connectivity index (χ0v) is 13.5. The molecule has 2 aromatic rings. The normalized spacial score (nSPS) is 12.0. The predicted molar refractivity (Wildman–Crippen MR) is 88.8 cm³/mol. The third kappa shape index (κ3) is 4.17. The Labute approximate surface area is 136 Å².